The second-order valence-electron chi connectivity index (χ2n) is 32.3. The molecule has 48 nitrogen and oxygen atoms in total. The highest BCUT2D eigenvalue weighted by Crippen LogP contribution is 2.53. The fourth-order valence-corrected chi connectivity index (χ4v) is 14.2. The van der Waals surface area contributed by atoms with Gasteiger partial charge in [-0.25, -0.2) is 0 Å². The third-order valence-corrected chi connectivity index (χ3v) is 21.7. The lowest BCUT2D eigenvalue weighted by molar-refractivity contribution is -0.232. The highest BCUT2D eigenvalue weighted by Gasteiger charge is 2.88. The molecule has 728 valence electrons. The van der Waals surface area contributed by atoms with Gasteiger partial charge in [0, 0.05) is 0 Å². The summed E-state index contributed by atoms with van der Waals surface area (Å²) in [6.07, 6.45) is -5.08. The van der Waals surface area contributed by atoms with Crippen LogP contribution in [0.4, 0.5) is 0 Å². The highest BCUT2D eigenvalue weighted by atomic mass is 16.2. The summed E-state index contributed by atoms with van der Waals surface area (Å²) in [6.45, 7) is -0.409. The minimum atomic E-state index is -5.00. The molecule has 0 aliphatic carbocycles. The summed E-state index contributed by atoms with van der Waals surface area (Å²) in [5.41, 5.74) is 154. The van der Waals surface area contributed by atoms with Crippen molar-refractivity contribution in [1.29, 1.82) is 0 Å². The van der Waals surface area contributed by atoms with Gasteiger partial charge >= 0.3 is 0 Å². The number of carbonyl (C=O) groups excluding carboxylic acids is 12. The maximum absolute atomic E-state index is 17.3. The first-order valence-electron chi connectivity index (χ1n) is 44.7. The van der Waals surface area contributed by atoms with E-state index in [4.69, 9.17) is 138 Å². The highest BCUT2D eigenvalue weighted by molar-refractivity contribution is 5.96. The molecule has 0 spiro atoms. The maximum atomic E-state index is 17.3. The molecule has 0 aromatic carbocycles. The Morgan fingerprint density at radius 3 is 0.280 bits per heavy atom. The minimum absolute atomic E-state index is 0.0341. The number of nitrogens with two attached hydrogens (primary N) is 24. The predicted octanol–water partition coefficient (Wildman–Crippen LogP) is -12.5. The third kappa shape index (κ3) is 39.7. The average molecular weight is 1790 g/mol. The summed E-state index contributed by atoms with van der Waals surface area (Å²) >= 11 is 0. The van der Waals surface area contributed by atoms with E-state index in [1.165, 1.54) is 0 Å². The van der Waals surface area contributed by atoms with Crippen LogP contribution in [0.3, 0.4) is 0 Å². The summed E-state index contributed by atoms with van der Waals surface area (Å²) < 4.78 is 0. The van der Waals surface area contributed by atoms with E-state index in [0.717, 1.165) is 0 Å². The van der Waals surface area contributed by atoms with E-state index < -0.39 is 249 Å². The first-order valence-corrected chi connectivity index (χ1v) is 44.7. The molecule has 48 heteroatoms. The Morgan fingerprint density at radius 1 is 0.144 bits per heavy atom. The molecule has 0 heterocycles. The van der Waals surface area contributed by atoms with Crippen LogP contribution in [0.1, 0.15) is 231 Å². The number of rotatable bonds is 76. The van der Waals surface area contributed by atoms with E-state index >= 15 is 57.5 Å². The number of amides is 12. The van der Waals surface area contributed by atoms with Gasteiger partial charge in [0.2, 0.25) is 99.4 Å². The largest absolute Gasteiger partial charge is 0.330 e. The van der Waals surface area contributed by atoms with Crippen LogP contribution in [0.15, 0.2) is 0 Å². The van der Waals surface area contributed by atoms with Gasteiger partial charge in [-0.3, -0.25) is 57.5 Å². The second-order valence-corrected chi connectivity index (χ2v) is 32.3. The normalized spacial score (nSPS) is 15.0. The van der Waals surface area contributed by atoms with Gasteiger partial charge in [-0.1, -0.05) is 77.0 Å². The topological polar surface area (TPSA) is 974 Å². The van der Waals surface area contributed by atoms with Gasteiger partial charge in [-0.2, -0.15) is 0 Å². The monoisotopic (exact) mass is 1790 g/mol. The Hall–Kier alpha value is -7.32. The Morgan fingerprint density at radius 2 is 0.216 bits per heavy atom. The van der Waals surface area contributed by atoms with Crippen molar-refractivity contribution in [2.45, 2.75) is 327 Å². The van der Waals surface area contributed by atoms with E-state index in [9.17, 15) is 0 Å². The van der Waals surface area contributed by atoms with Gasteiger partial charge in [0.25, 0.3) is 0 Å². The zero-order valence-electron chi connectivity index (χ0n) is 74.1. The molecule has 60 N–H and O–H groups in total. The Balaban J connectivity index is 14.8. The molecule has 0 radical (unpaired) electrons. The van der Waals surface area contributed by atoms with E-state index in [1.54, 1.807) is 0 Å². The van der Waals surface area contributed by atoms with E-state index in [1.807, 2.05) is 0 Å². The quantitative estimate of drug-likeness (QED) is 0.0199. The predicted molar refractivity (Wildman–Crippen MR) is 482 cm³/mol. The average Bonchev–Trinajstić information content (AvgIpc) is 0.651. The van der Waals surface area contributed by atoms with E-state index in [2.05, 4.69) is 63.8 Å². The molecule has 0 unspecified atom stereocenters. The van der Waals surface area contributed by atoms with E-state index in [-0.39, 0.29) is 233 Å². The molecule has 0 fully saturated rings. The Bertz CT molecular complexity index is 2430. The van der Waals surface area contributed by atoms with Crippen LogP contribution in [0.2, 0.25) is 0 Å². The molecule has 0 saturated heterocycles. The summed E-state index contributed by atoms with van der Waals surface area (Å²) in [6, 6.07) is -25.1. The van der Waals surface area contributed by atoms with Crippen LogP contribution in [0.25, 0.3) is 0 Å². The molecule has 12 amide bonds. The Labute approximate surface area is 737 Å². The van der Waals surface area contributed by atoms with Crippen molar-refractivity contribution >= 4 is 70.9 Å². The van der Waals surface area contributed by atoms with Crippen LogP contribution in [-0.4, -0.2) is 245 Å². The fourth-order valence-electron chi connectivity index (χ4n) is 14.2. The lowest BCUT2D eigenvalue weighted by atomic mass is 9.59. The second kappa shape index (κ2) is 65.3. The first-order chi connectivity index (χ1) is 59.4. The van der Waals surface area contributed by atoms with Crippen molar-refractivity contribution in [1.82, 2.24) is 63.8 Å². The number of hydrogen-bond acceptors (Lipinski definition) is 36. The van der Waals surface area contributed by atoms with Gasteiger partial charge in [-0.05, 0) is 233 Å². The van der Waals surface area contributed by atoms with Crippen molar-refractivity contribution in [2.75, 3.05) is 78.5 Å². The summed E-state index contributed by atoms with van der Waals surface area (Å²) in [5, 5.41) is 31.7. The molecule has 0 bridgehead atoms. The molecule has 0 aliphatic heterocycles. The van der Waals surface area contributed by atoms with Crippen molar-refractivity contribution in [3.05, 3.63) is 0 Å². The molecule has 125 heavy (non-hydrogen) atoms. The zero-order chi connectivity index (χ0) is 94.8. The van der Waals surface area contributed by atoms with E-state index in [0.29, 0.717) is 0 Å². The van der Waals surface area contributed by atoms with Crippen LogP contribution < -0.4 is 201 Å². The number of nitrogens with one attached hydrogen (secondary N) is 12. The van der Waals surface area contributed by atoms with Crippen molar-refractivity contribution < 1.29 is 57.5 Å². The summed E-state index contributed by atoms with van der Waals surface area (Å²) in [5.74, 6) is -38.4. The van der Waals surface area contributed by atoms with Gasteiger partial charge in [-0.15, -0.1) is 0 Å². The molecular weight excluding hydrogens is 1620 g/mol. The molecular formula is C77H168N36O12. The molecule has 0 rings (SSSR count). The number of hydrogen-bond donors (Lipinski definition) is 36. The van der Waals surface area contributed by atoms with Crippen LogP contribution in [0.5, 0.6) is 0 Å². The third-order valence-electron chi connectivity index (χ3n) is 21.7. The SMILES string of the molecule is NCCCC[C@H](N)C(=O)NC(NC(=O)[C@@H](N)CCCCN)(NC(=O)[C@@H](N)CCCCN)C(C(NC(=O)[C@@H](N)CCCCN)(NC(=O)[C@@H](N)CCCCN)NC(=O)[C@@H](N)CCCCN)(C(NC(=O)[C@@H](N)CCCCN)(NC(=O)[C@@H](N)CCCCN)NC(=O)[C@@H](N)CCCCN)C(NC(=O)[C@@H](N)CCCCN)(NC(=O)[C@@H](N)CCCCN)NC(=O)[C@@H](N)CCCCN. The van der Waals surface area contributed by atoms with Crippen molar-refractivity contribution in [3.8, 4) is 0 Å². The maximum Gasteiger partial charge on any atom is 0.240 e. The molecule has 0 aromatic heterocycles. The molecule has 0 saturated carbocycles. The van der Waals surface area contributed by atoms with Crippen molar-refractivity contribution in [2.24, 2.45) is 143 Å². The van der Waals surface area contributed by atoms with Gasteiger partial charge in [0.15, 0.2) is 0 Å². The van der Waals surface area contributed by atoms with Crippen LogP contribution >= 0.6 is 0 Å². The first kappa shape index (κ1) is 118. The minimum Gasteiger partial charge on any atom is -0.330 e. The lowest BCUT2D eigenvalue weighted by Gasteiger charge is -2.70. The zero-order valence-corrected chi connectivity index (χ0v) is 74.1. The smallest absolute Gasteiger partial charge is 0.240 e. The van der Waals surface area contributed by atoms with Crippen LogP contribution in [-0.2, 0) is 57.5 Å². The molecule has 0 aromatic rings. The number of unbranched alkanes of at least 4 members (excludes halogenated alkanes) is 12. The fraction of sp³-hybridized carbons (Fsp3) is 0.844. The molecule has 0 aliphatic rings. The summed E-state index contributed by atoms with van der Waals surface area (Å²) in [7, 11) is 0. The molecule has 12 atom stereocenters. The van der Waals surface area contributed by atoms with Crippen LogP contribution in [0, 0.1) is 5.41 Å². The van der Waals surface area contributed by atoms with Gasteiger partial charge in [0.05, 0.1) is 72.5 Å². The van der Waals surface area contributed by atoms with Crippen molar-refractivity contribution in [3.63, 3.8) is 0 Å². The number of carbonyl (C=O) groups is 12. The van der Waals surface area contributed by atoms with Gasteiger partial charge in [0.1, 0.15) is 0 Å². The Kier molecular flexibility index (Phi) is 61.4. The summed E-state index contributed by atoms with van der Waals surface area (Å²) in [4.78, 5) is 207. The standard InChI is InChI=1S/C77H168N36O12/c78-37-13-1-25-49(90)61(114)102-74(103-62(115)50(91)26-2-14-38-79,104-63(116)51(92)27-3-15-39-80)73(75(105-64(117)52(93)28-4-16-40-81,106-65(118)53(94)29-5-17-41-82)107-66(119)54(95)30-6-18-42-83,76(108-67(120)55(96)31-7-19-43-84,109-68(121)56(97)32-8-20-44-85)110-69(122)57(98)33-9-21-45-86)77(111-70(123)58(99)34-10-22-46-87,112-71(124)59(100)35-11-23-47-88)113-72(125)60(101)36-12-24-48-89/h49-60H,1-48,78-101H2,(H,102,114)(H,103,115)(H,104,116)(H,105,117)(H,106,118)(H,107,119)(H,108,120)(H,109,121)(H,110,122)(H,111,123)(H,112,124)(H,113,125)/t49-,50-,51-,52-,53-,54-,55-,56-,57-,58-,59-,60-/m0/s1. The lowest BCUT2D eigenvalue weighted by Crippen LogP contribution is -3.08. The van der Waals surface area contributed by atoms with Gasteiger partial charge < -0.3 is 201 Å².